The van der Waals surface area contributed by atoms with E-state index in [0.717, 1.165) is 22.9 Å². The first-order valence-electron chi connectivity index (χ1n) is 15.5. The quantitative estimate of drug-likeness (QED) is 0.136. The monoisotopic (exact) mass is 651 g/mol. The number of thiazole rings is 1. The van der Waals surface area contributed by atoms with Crippen molar-refractivity contribution in [1.82, 2.24) is 9.13 Å². The van der Waals surface area contributed by atoms with Gasteiger partial charge in [0.1, 0.15) is 12.6 Å². The molecule has 1 aliphatic heterocycles. The van der Waals surface area contributed by atoms with Gasteiger partial charge in [-0.2, -0.15) is 0 Å². The van der Waals surface area contributed by atoms with Crippen LogP contribution in [0.25, 0.3) is 17.0 Å². The Hall–Kier alpha value is -4.93. The Bertz CT molecular complexity index is 2130. The second kappa shape index (κ2) is 14.2. The summed E-state index contributed by atoms with van der Waals surface area (Å²) >= 11 is 1.29. The van der Waals surface area contributed by atoms with Gasteiger partial charge in [-0.15, -0.1) is 0 Å². The summed E-state index contributed by atoms with van der Waals surface area (Å²) in [5, 5.41) is 1.03. The number of carbonyl (C=O) groups is 1. The molecule has 1 aliphatic rings. The largest absolute Gasteiger partial charge is 0.493 e. The van der Waals surface area contributed by atoms with Gasteiger partial charge in [0.25, 0.3) is 5.56 Å². The second-order valence-electron chi connectivity index (χ2n) is 11.2. The predicted molar refractivity (Wildman–Crippen MR) is 183 cm³/mol. The zero-order chi connectivity index (χ0) is 32.9. The third kappa shape index (κ3) is 6.39. The molecule has 242 valence electrons. The number of allylic oxidation sites excluding steroid dienone is 1. The summed E-state index contributed by atoms with van der Waals surface area (Å²) < 4.78 is 26.9. The van der Waals surface area contributed by atoms with Crippen LogP contribution in [0.1, 0.15) is 43.0 Å². The van der Waals surface area contributed by atoms with E-state index in [2.05, 4.69) is 35.0 Å². The minimum absolute atomic E-state index is 0.0631. The van der Waals surface area contributed by atoms with Gasteiger partial charge in [-0.3, -0.25) is 9.36 Å². The molecule has 0 amide bonds. The first-order valence-corrected chi connectivity index (χ1v) is 16.4. The lowest BCUT2D eigenvalue weighted by atomic mass is 9.94. The van der Waals surface area contributed by atoms with Gasteiger partial charge in [0.15, 0.2) is 16.3 Å². The zero-order valence-electron chi connectivity index (χ0n) is 26.9. The number of fused-ring (bicyclic) bond motifs is 2. The van der Waals surface area contributed by atoms with Gasteiger partial charge in [-0.25, -0.2) is 9.79 Å². The lowest BCUT2D eigenvalue weighted by molar-refractivity contribution is -0.140. The number of rotatable bonds is 12. The van der Waals surface area contributed by atoms with Gasteiger partial charge in [0.2, 0.25) is 0 Å². The molecule has 0 aliphatic carbocycles. The number of para-hydroxylation sites is 2. The Morgan fingerprint density at radius 3 is 2.53 bits per heavy atom. The van der Waals surface area contributed by atoms with Crippen LogP contribution in [-0.4, -0.2) is 49.1 Å². The van der Waals surface area contributed by atoms with Crippen molar-refractivity contribution >= 4 is 34.3 Å². The highest BCUT2D eigenvalue weighted by Crippen LogP contribution is 2.41. The number of ether oxygens (including phenoxy) is 4. The van der Waals surface area contributed by atoms with Crippen LogP contribution in [0.2, 0.25) is 0 Å². The van der Waals surface area contributed by atoms with Crippen LogP contribution in [0.15, 0.2) is 100 Å². The van der Waals surface area contributed by atoms with Crippen LogP contribution in [0.5, 0.6) is 11.5 Å². The summed E-state index contributed by atoms with van der Waals surface area (Å²) in [5.74, 6) is 0.402. The van der Waals surface area contributed by atoms with Crippen molar-refractivity contribution in [1.29, 1.82) is 0 Å². The number of hydrogen-bond acceptors (Lipinski definition) is 8. The molecule has 0 radical (unpaired) electrons. The molecule has 3 aromatic carbocycles. The van der Waals surface area contributed by atoms with Gasteiger partial charge in [-0.1, -0.05) is 78.9 Å². The Balaban J connectivity index is 1.53. The Labute approximate surface area is 276 Å². The van der Waals surface area contributed by atoms with Crippen LogP contribution in [0, 0.1) is 0 Å². The molecule has 0 N–H and O–H groups in total. The van der Waals surface area contributed by atoms with E-state index < -0.39 is 12.0 Å². The number of benzene rings is 3. The molecule has 9 nitrogen and oxygen atoms in total. The molecule has 47 heavy (non-hydrogen) atoms. The molecule has 10 heteroatoms. The van der Waals surface area contributed by atoms with Crippen LogP contribution in [0.4, 0.5) is 0 Å². The van der Waals surface area contributed by atoms with Crippen molar-refractivity contribution in [3.05, 3.63) is 127 Å². The highest BCUT2D eigenvalue weighted by Gasteiger charge is 2.36. The van der Waals surface area contributed by atoms with Gasteiger partial charge < -0.3 is 23.5 Å². The standard InChI is InChI=1S/C37H37N3O6S/c1-5-18-45-34-28(15-11-17-30(34)44-4)33-32(36(42)46-20-19-43-3)24(2)38-37-40(33)35(41)31(47-37)21-26-23-39(22-25-12-7-6-8-13-25)29-16-10-9-14-27(26)29/h6-17,21,23,33H,5,18-20,22H2,1-4H3/b31-21+/t33-/m0/s1. The number of carbonyl (C=O) groups excluding carboxylic acids is 1. The van der Waals surface area contributed by atoms with E-state index in [1.807, 2.05) is 55.5 Å². The summed E-state index contributed by atoms with van der Waals surface area (Å²) in [6, 6.07) is 23.1. The van der Waals surface area contributed by atoms with Crippen LogP contribution in [0.3, 0.4) is 0 Å². The maximum atomic E-state index is 14.5. The topological polar surface area (TPSA) is 93.3 Å². The summed E-state index contributed by atoms with van der Waals surface area (Å²) in [6.45, 7) is 5.20. The molecule has 0 spiro atoms. The number of esters is 1. The summed E-state index contributed by atoms with van der Waals surface area (Å²) in [7, 11) is 3.11. The lowest BCUT2D eigenvalue weighted by Gasteiger charge is -2.27. The van der Waals surface area contributed by atoms with Crippen molar-refractivity contribution in [2.75, 3.05) is 34.0 Å². The van der Waals surface area contributed by atoms with Crippen molar-refractivity contribution in [2.24, 2.45) is 4.99 Å². The highest BCUT2D eigenvalue weighted by atomic mass is 32.1. The minimum Gasteiger partial charge on any atom is -0.493 e. The molecule has 1 atom stereocenters. The van der Waals surface area contributed by atoms with Crippen molar-refractivity contribution in [2.45, 2.75) is 32.9 Å². The molecule has 3 heterocycles. The third-order valence-corrected chi connectivity index (χ3v) is 9.02. The van der Waals surface area contributed by atoms with Crippen LogP contribution in [-0.2, 0) is 20.8 Å². The van der Waals surface area contributed by atoms with E-state index in [1.165, 1.54) is 16.9 Å². The van der Waals surface area contributed by atoms with Crippen LogP contribution < -0.4 is 24.4 Å². The van der Waals surface area contributed by atoms with E-state index in [0.29, 0.717) is 45.2 Å². The Kier molecular flexibility index (Phi) is 9.70. The maximum Gasteiger partial charge on any atom is 0.338 e. The first-order chi connectivity index (χ1) is 22.9. The summed E-state index contributed by atoms with van der Waals surface area (Å²) in [5.41, 5.74) is 4.23. The van der Waals surface area contributed by atoms with Gasteiger partial charge >= 0.3 is 5.97 Å². The van der Waals surface area contributed by atoms with E-state index >= 15 is 0 Å². The molecule has 0 saturated carbocycles. The number of hydrogen-bond donors (Lipinski definition) is 0. The zero-order valence-corrected chi connectivity index (χ0v) is 27.7. The molecule has 5 aromatic rings. The van der Waals surface area contributed by atoms with E-state index in [-0.39, 0.29) is 24.3 Å². The average molecular weight is 652 g/mol. The lowest BCUT2D eigenvalue weighted by Crippen LogP contribution is -2.40. The summed E-state index contributed by atoms with van der Waals surface area (Å²) in [4.78, 5) is 33.4. The molecular weight excluding hydrogens is 614 g/mol. The van der Waals surface area contributed by atoms with E-state index in [4.69, 9.17) is 23.9 Å². The van der Waals surface area contributed by atoms with E-state index in [9.17, 15) is 9.59 Å². The SMILES string of the molecule is CCCOc1c(OC)cccc1[C@H]1C(C(=O)OCCOC)=C(C)N=c2s/c(=C/c3cn(Cc4ccccc4)c4ccccc34)c(=O)n21. The predicted octanol–water partition coefficient (Wildman–Crippen LogP) is 5.23. The average Bonchev–Trinajstić information content (AvgIpc) is 3.59. The fourth-order valence-corrected chi connectivity index (χ4v) is 6.92. The van der Waals surface area contributed by atoms with Gasteiger partial charge in [-0.05, 0) is 37.1 Å². The molecule has 2 aromatic heterocycles. The van der Waals surface area contributed by atoms with Crippen molar-refractivity contribution in [3.8, 4) is 11.5 Å². The molecular formula is C37H37N3O6S. The number of nitrogens with zero attached hydrogens (tertiary/aromatic N) is 3. The molecule has 0 fully saturated rings. The Morgan fingerprint density at radius 1 is 0.979 bits per heavy atom. The van der Waals surface area contributed by atoms with Crippen LogP contribution >= 0.6 is 11.3 Å². The normalized spacial score (nSPS) is 14.6. The maximum absolute atomic E-state index is 14.5. The molecule has 0 unspecified atom stereocenters. The van der Waals surface area contributed by atoms with Crippen molar-refractivity contribution in [3.63, 3.8) is 0 Å². The van der Waals surface area contributed by atoms with Crippen molar-refractivity contribution < 1.29 is 23.7 Å². The first kappa shape index (κ1) is 32.0. The second-order valence-corrected chi connectivity index (χ2v) is 12.2. The summed E-state index contributed by atoms with van der Waals surface area (Å²) in [6.07, 6.45) is 4.76. The fraction of sp³-hybridized carbons (Fsp3) is 0.270. The molecule has 6 rings (SSSR count). The minimum atomic E-state index is -0.857. The van der Waals surface area contributed by atoms with E-state index in [1.54, 1.807) is 31.8 Å². The number of aromatic nitrogens is 2. The molecule has 0 saturated heterocycles. The van der Waals surface area contributed by atoms with Gasteiger partial charge in [0, 0.05) is 41.9 Å². The third-order valence-electron chi connectivity index (χ3n) is 8.04. The Morgan fingerprint density at radius 2 is 1.77 bits per heavy atom. The molecule has 0 bridgehead atoms. The fourth-order valence-electron chi connectivity index (χ4n) is 5.88. The smallest absolute Gasteiger partial charge is 0.338 e. The van der Waals surface area contributed by atoms with Gasteiger partial charge in [0.05, 0.1) is 36.1 Å². The highest BCUT2D eigenvalue weighted by molar-refractivity contribution is 7.07. The number of methoxy groups -OCH3 is 2.